The highest BCUT2D eigenvalue weighted by atomic mass is 16.7. The number of aliphatic hydroxyl groups is 4. The number of hydrogen-bond donors (Lipinski definition) is 6. The predicted octanol–water partition coefficient (Wildman–Crippen LogP) is 0.399. The zero-order chi connectivity index (χ0) is 23.8. The Morgan fingerprint density at radius 1 is 0.941 bits per heavy atom. The predicted molar refractivity (Wildman–Crippen MR) is 117 cm³/mol. The van der Waals surface area contributed by atoms with Gasteiger partial charge >= 0.3 is 0 Å². The van der Waals surface area contributed by atoms with E-state index in [1.54, 1.807) is 18.3 Å². The molecule has 5 rings (SSSR count). The summed E-state index contributed by atoms with van der Waals surface area (Å²) < 4.78 is 22.1. The van der Waals surface area contributed by atoms with E-state index >= 15 is 0 Å². The van der Waals surface area contributed by atoms with E-state index in [2.05, 4.69) is 10.2 Å². The lowest BCUT2D eigenvalue weighted by molar-refractivity contribution is -0.277. The summed E-state index contributed by atoms with van der Waals surface area (Å²) in [7, 11) is 0. The lowest BCUT2D eigenvalue weighted by Crippen LogP contribution is -2.60. The summed E-state index contributed by atoms with van der Waals surface area (Å²) in [5.41, 5.74) is 2.56. The molecule has 0 amide bonds. The Hall–Kier alpha value is -3.35. The van der Waals surface area contributed by atoms with E-state index in [4.69, 9.17) is 18.9 Å². The van der Waals surface area contributed by atoms with Crippen LogP contribution in [0.4, 0.5) is 0 Å². The number of hydrogen-bond acceptors (Lipinski definition) is 10. The summed E-state index contributed by atoms with van der Waals surface area (Å²) in [6.45, 7) is 0.386. The van der Waals surface area contributed by atoms with Crippen molar-refractivity contribution in [1.82, 2.24) is 10.2 Å². The maximum atomic E-state index is 10.7. The molecule has 5 atom stereocenters. The number of fused-ring (bicyclic) bond motifs is 1. The van der Waals surface area contributed by atoms with Gasteiger partial charge in [0.25, 0.3) is 0 Å². The first-order valence-electron chi connectivity index (χ1n) is 10.7. The third-order valence-corrected chi connectivity index (χ3v) is 5.83. The number of phenolic OH excluding ortho intramolecular Hbond substituents is 1. The molecule has 1 saturated heterocycles. The molecule has 6 N–H and O–H groups in total. The summed E-state index contributed by atoms with van der Waals surface area (Å²) in [6, 6.07) is 10.0. The van der Waals surface area contributed by atoms with E-state index < -0.39 is 37.3 Å². The second-order valence-corrected chi connectivity index (χ2v) is 8.01. The van der Waals surface area contributed by atoms with Gasteiger partial charge in [0.2, 0.25) is 6.29 Å². The van der Waals surface area contributed by atoms with Crippen LogP contribution in [0, 0.1) is 0 Å². The molecule has 2 aliphatic rings. The molecule has 2 aromatic carbocycles. The molecule has 11 nitrogen and oxygen atoms in total. The van der Waals surface area contributed by atoms with E-state index in [0.29, 0.717) is 36.0 Å². The normalized spacial score (nSPS) is 26.3. The van der Waals surface area contributed by atoms with Gasteiger partial charge in [0.05, 0.1) is 18.5 Å². The maximum Gasteiger partial charge on any atom is 0.229 e. The third-order valence-electron chi connectivity index (χ3n) is 5.83. The summed E-state index contributed by atoms with van der Waals surface area (Å²) in [4.78, 5) is 0. The number of aromatic hydroxyl groups is 1. The van der Waals surface area contributed by atoms with Crippen molar-refractivity contribution in [2.45, 2.75) is 30.7 Å². The third kappa shape index (κ3) is 4.04. The number of ether oxygens (including phenoxy) is 4. The van der Waals surface area contributed by atoms with Crippen LogP contribution in [-0.4, -0.2) is 86.3 Å². The van der Waals surface area contributed by atoms with Crippen LogP contribution in [0.15, 0.2) is 42.6 Å². The van der Waals surface area contributed by atoms with E-state index in [1.165, 1.54) is 6.07 Å². The number of benzene rings is 2. The van der Waals surface area contributed by atoms with Crippen molar-refractivity contribution >= 4 is 0 Å². The average molecular weight is 472 g/mol. The van der Waals surface area contributed by atoms with Gasteiger partial charge in [-0.25, -0.2) is 0 Å². The largest absolute Gasteiger partial charge is 0.507 e. The van der Waals surface area contributed by atoms with E-state index in [0.717, 1.165) is 11.1 Å². The van der Waals surface area contributed by atoms with Gasteiger partial charge in [0.1, 0.15) is 49.1 Å². The van der Waals surface area contributed by atoms with E-state index in [1.807, 2.05) is 18.2 Å². The van der Waals surface area contributed by atoms with Gasteiger partial charge in [-0.05, 0) is 29.8 Å². The average Bonchev–Trinajstić information content (AvgIpc) is 3.34. The van der Waals surface area contributed by atoms with Crippen LogP contribution in [0.25, 0.3) is 22.4 Å². The number of aliphatic hydroxyl groups excluding tert-OH is 4. The minimum Gasteiger partial charge on any atom is -0.507 e. The first-order valence-corrected chi connectivity index (χ1v) is 10.7. The minimum absolute atomic E-state index is 0.134. The first kappa shape index (κ1) is 22.4. The Kier molecular flexibility index (Phi) is 6.02. The number of aromatic nitrogens is 2. The molecular weight excluding hydrogens is 448 g/mol. The molecular formula is C23H24N2O9. The van der Waals surface area contributed by atoms with Gasteiger partial charge in [0.15, 0.2) is 11.5 Å². The van der Waals surface area contributed by atoms with E-state index in [-0.39, 0.29) is 11.5 Å². The quantitative estimate of drug-likeness (QED) is 0.306. The minimum atomic E-state index is -1.57. The molecule has 0 bridgehead atoms. The fraction of sp³-hybridized carbons (Fsp3) is 0.348. The second kappa shape index (κ2) is 9.12. The Bertz CT molecular complexity index is 1170. The molecule has 0 saturated carbocycles. The van der Waals surface area contributed by atoms with Crippen molar-refractivity contribution in [1.29, 1.82) is 0 Å². The van der Waals surface area contributed by atoms with Crippen molar-refractivity contribution < 1.29 is 44.5 Å². The molecule has 0 aliphatic carbocycles. The smallest absolute Gasteiger partial charge is 0.229 e. The molecule has 0 spiro atoms. The molecule has 11 heteroatoms. The molecule has 34 heavy (non-hydrogen) atoms. The number of nitrogens with zero attached hydrogens (tertiary/aromatic N) is 1. The molecule has 3 heterocycles. The second-order valence-electron chi connectivity index (χ2n) is 8.01. The summed E-state index contributed by atoms with van der Waals surface area (Å²) in [6.07, 6.45) is -5.44. The van der Waals surface area contributed by atoms with Crippen molar-refractivity contribution in [3.63, 3.8) is 0 Å². The van der Waals surface area contributed by atoms with Gasteiger partial charge in [-0.15, -0.1) is 0 Å². The number of aromatic amines is 1. The van der Waals surface area contributed by atoms with Crippen LogP contribution in [0.3, 0.4) is 0 Å². The monoisotopic (exact) mass is 472 g/mol. The van der Waals surface area contributed by atoms with Crippen molar-refractivity contribution in [2.24, 2.45) is 0 Å². The van der Waals surface area contributed by atoms with Gasteiger partial charge in [0, 0.05) is 17.2 Å². The lowest BCUT2D eigenvalue weighted by atomic mass is 9.99. The van der Waals surface area contributed by atoms with E-state index in [9.17, 15) is 25.5 Å². The van der Waals surface area contributed by atoms with Crippen LogP contribution >= 0.6 is 0 Å². The zero-order valence-electron chi connectivity index (χ0n) is 17.9. The van der Waals surface area contributed by atoms with Crippen LogP contribution in [0.5, 0.6) is 23.0 Å². The number of H-pyrrole nitrogens is 1. The number of rotatable bonds is 5. The maximum absolute atomic E-state index is 10.7. The molecule has 3 aromatic rings. The molecule has 1 aromatic heterocycles. The highest BCUT2D eigenvalue weighted by Crippen LogP contribution is 2.40. The lowest BCUT2D eigenvalue weighted by Gasteiger charge is -2.39. The molecule has 1 fully saturated rings. The molecule has 2 aliphatic heterocycles. The van der Waals surface area contributed by atoms with Crippen LogP contribution < -0.4 is 14.2 Å². The zero-order valence-corrected chi connectivity index (χ0v) is 17.9. The molecule has 0 unspecified atom stereocenters. The fourth-order valence-corrected chi connectivity index (χ4v) is 4.02. The molecule has 180 valence electrons. The fourth-order valence-electron chi connectivity index (χ4n) is 4.02. The topological polar surface area (TPSA) is 167 Å². The number of phenols is 1. The van der Waals surface area contributed by atoms with Gasteiger partial charge < -0.3 is 44.5 Å². The standard InChI is InChI=1S/C23H24N2O9/c26-10-18-20(28)21(29)22(30)23(34-18)33-12-2-3-13(15(27)8-12)19-14(9-24-25-19)11-1-4-16-17(7-11)32-6-5-31-16/h1-4,7-9,18,20-23,26-30H,5-6,10H2,(H,24,25)/t18-,20-,21+,22-,23+/m0/s1. The van der Waals surface area contributed by atoms with Gasteiger partial charge in [-0.1, -0.05) is 6.07 Å². The first-order chi connectivity index (χ1) is 16.5. The van der Waals surface area contributed by atoms with Crippen molar-refractivity contribution in [2.75, 3.05) is 19.8 Å². The summed E-state index contributed by atoms with van der Waals surface area (Å²) in [5, 5.41) is 57.0. The Morgan fingerprint density at radius 3 is 2.50 bits per heavy atom. The summed E-state index contributed by atoms with van der Waals surface area (Å²) in [5.74, 6) is 1.30. The van der Waals surface area contributed by atoms with Gasteiger partial charge in [-0.3, -0.25) is 5.10 Å². The number of nitrogens with one attached hydrogen (secondary N) is 1. The van der Waals surface area contributed by atoms with Crippen molar-refractivity contribution in [3.05, 3.63) is 42.6 Å². The SMILES string of the molecule is OC[C@@H]1O[C@@H](Oc2ccc(-c3[nH]ncc3-c3ccc4c(c3)OCCO4)c(O)c2)[C@@H](O)[C@H](O)[C@H]1O. The highest BCUT2D eigenvalue weighted by Gasteiger charge is 2.44. The Labute approximate surface area is 193 Å². The van der Waals surface area contributed by atoms with Crippen molar-refractivity contribution in [3.8, 4) is 45.4 Å². The Morgan fingerprint density at radius 2 is 1.74 bits per heavy atom. The Balaban J connectivity index is 1.39. The van der Waals surface area contributed by atoms with Crippen LogP contribution in [0.2, 0.25) is 0 Å². The van der Waals surface area contributed by atoms with Gasteiger partial charge in [-0.2, -0.15) is 5.10 Å². The summed E-state index contributed by atoms with van der Waals surface area (Å²) >= 11 is 0. The highest BCUT2D eigenvalue weighted by molar-refractivity contribution is 5.84. The molecule has 0 radical (unpaired) electrons. The van der Waals surface area contributed by atoms with Crippen LogP contribution in [0.1, 0.15) is 0 Å². The van der Waals surface area contributed by atoms with Crippen LogP contribution in [-0.2, 0) is 4.74 Å².